The number of hydrogen-bond acceptors (Lipinski definition) is 4. The number of carbonyl (C=O) groups excluding carboxylic acids is 1. The first kappa shape index (κ1) is 9.27. The molecule has 13 heavy (non-hydrogen) atoms. The fourth-order valence-electron chi connectivity index (χ4n) is 0.821. The molecule has 0 bridgehead atoms. The molecule has 1 rings (SSSR count). The third-order valence-electron chi connectivity index (χ3n) is 1.26. The lowest BCUT2D eigenvalue weighted by Crippen LogP contribution is -2.16. The summed E-state index contributed by atoms with van der Waals surface area (Å²) in [6.45, 7) is 0. The van der Waals surface area contributed by atoms with Crippen LogP contribution in [0.4, 0.5) is 14.9 Å². The molecule has 70 valence electrons. The van der Waals surface area contributed by atoms with Gasteiger partial charge in [0.1, 0.15) is 11.6 Å². The van der Waals surface area contributed by atoms with E-state index in [-0.39, 0.29) is 11.4 Å². The van der Waals surface area contributed by atoms with Gasteiger partial charge in [0.05, 0.1) is 5.69 Å². The Kier molecular flexibility index (Phi) is 2.65. The number of carbonyl (C=O) groups is 1. The molecule has 0 saturated carbocycles. The van der Waals surface area contributed by atoms with Crippen molar-refractivity contribution in [1.82, 2.24) is 0 Å². The van der Waals surface area contributed by atoms with Gasteiger partial charge in [-0.05, 0) is 6.07 Å². The topological polar surface area (TPSA) is 90.4 Å². The number of hydrazine groups is 1. The molecule has 0 radical (unpaired) electrons. The Morgan fingerprint density at radius 2 is 2.15 bits per heavy atom. The molecule has 1 aromatic rings. The maximum Gasteiger partial charge on any atom is 0.409 e. The molecule has 1 amide bonds. The van der Waals surface area contributed by atoms with Gasteiger partial charge in [-0.25, -0.2) is 9.18 Å². The predicted octanol–water partition coefficient (Wildman–Crippen LogP) is 0.569. The zero-order valence-corrected chi connectivity index (χ0v) is 6.58. The van der Waals surface area contributed by atoms with E-state index in [1.165, 1.54) is 6.07 Å². The van der Waals surface area contributed by atoms with E-state index >= 15 is 0 Å². The zero-order valence-electron chi connectivity index (χ0n) is 6.58. The second kappa shape index (κ2) is 3.72. The van der Waals surface area contributed by atoms with Gasteiger partial charge in [0.2, 0.25) is 0 Å². The van der Waals surface area contributed by atoms with Gasteiger partial charge in [-0.15, -0.1) is 0 Å². The molecule has 0 fully saturated rings. The van der Waals surface area contributed by atoms with Gasteiger partial charge in [-0.2, -0.15) is 0 Å². The van der Waals surface area contributed by atoms with Crippen LogP contribution in [0, 0.1) is 5.82 Å². The minimum absolute atomic E-state index is 0.000417. The van der Waals surface area contributed by atoms with E-state index in [1.807, 2.05) is 0 Å². The van der Waals surface area contributed by atoms with Crippen molar-refractivity contribution in [3.8, 4) is 5.75 Å². The summed E-state index contributed by atoms with van der Waals surface area (Å²) in [5.41, 5.74) is 7.23. The van der Waals surface area contributed by atoms with Crippen molar-refractivity contribution in [1.29, 1.82) is 0 Å². The lowest BCUT2D eigenvalue weighted by atomic mass is 10.3. The van der Waals surface area contributed by atoms with Gasteiger partial charge in [-0.3, -0.25) is 5.84 Å². The Labute approximate surface area is 73.4 Å². The van der Waals surface area contributed by atoms with Crippen molar-refractivity contribution in [2.24, 2.45) is 11.6 Å². The highest BCUT2D eigenvalue weighted by molar-refractivity contribution is 5.68. The molecule has 1 aromatic carbocycles. The number of amides is 1. The van der Waals surface area contributed by atoms with Crippen LogP contribution in [0.25, 0.3) is 0 Å². The van der Waals surface area contributed by atoms with E-state index in [4.69, 9.17) is 11.6 Å². The third-order valence-corrected chi connectivity index (χ3v) is 1.26. The number of halogens is 1. The summed E-state index contributed by atoms with van der Waals surface area (Å²) >= 11 is 0. The minimum atomic E-state index is -1.01. The number of nitrogens with one attached hydrogen (secondary N) is 1. The lowest BCUT2D eigenvalue weighted by molar-refractivity contribution is 0.211. The van der Waals surface area contributed by atoms with Gasteiger partial charge in [0.15, 0.2) is 0 Å². The normalized spacial score (nSPS) is 9.38. The monoisotopic (exact) mass is 185 g/mol. The van der Waals surface area contributed by atoms with Crippen LogP contribution in [-0.4, -0.2) is 6.09 Å². The van der Waals surface area contributed by atoms with Crippen molar-refractivity contribution in [3.63, 3.8) is 0 Å². The predicted molar refractivity (Wildman–Crippen MR) is 44.4 cm³/mol. The number of benzene rings is 1. The maximum absolute atomic E-state index is 12.7. The van der Waals surface area contributed by atoms with Crippen molar-refractivity contribution in [2.75, 3.05) is 5.43 Å². The molecular weight excluding hydrogens is 177 g/mol. The summed E-state index contributed by atoms with van der Waals surface area (Å²) in [4.78, 5) is 10.3. The average molecular weight is 185 g/mol. The molecule has 0 aliphatic carbocycles. The molecular formula is C7H8FN3O2. The van der Waals surface area contributed by atoms with Crippen LogP contribution in [0.5, 0.6) is 5.75 Å². The molecule has 6 heteroatoms. The van der Waals surface area contributed by atoms with Crippen LogP contribution in [0.15, 0.2) is 18.2 Å². The van der Waals surface area contributed by atoms with Gasteiger partial charge < -0.3 is 15.9 Å². The summed E-state index contributed by atoms with van der Waals surface area (Å²) in [7, 11) is 0. The molecule has 0 unspecified atom stereocenters. The number of ether oxygens (including phenoxy) is 1. The van der Waals surface area contributed by atoms with E-state index < -0.39 is 11.9 Å². The first-order valence-electron chi connectivity index (χ1n) is 3.36. The molecule has 0 saturated heterocycles. The van der Waals surface area contributed by atoms with Gasteiger partial charge in [0, 0.05) is 12.1 Å². The first-order chi connectivity index (χ1) is 6.11. The molecule has 0 atom stereocenters. The van der Waals surface area contributed by atoms with Crippen molar-refractivity contribution in [2.45, 2.75) is 0 Å². The summed E-state index contributed by atoms with van der Waals surface area (Å²) in [5, 5.41) is 0. The molecule has 0 spiro atoms. The van der Waals surface area contributed by atoms with Crippen LogP contribution in [0.1, 0.15) is 0 Å². The molecule has 5 N–H and O–H groups in total. The second-order valence-electron chi connectivity index (χ2n) is 2.24. The largest absolute Gasteiger partial charge is 0.410 e. The summed E-state index contributed by atoms with van der Waals surface area (Å²) in [5.74, 6) is 4.45. The number of nitrogen functional groups attached to an aromatic ring is 1. The van der Waals surface area contributed by atoms with E-state index in [2.05, 4.69) is 10.2 Å². The van der Waals surface area contributed by atoms with Crippen molar-refractivity contribution < 1.29 is 13.9 Å². The van der Waals surface area contributed by atoms with Crippen LogP contribution in [0.2, 0.25) is 0 Å². The fraction of sp³-hybridized carbons (Fsp3) is 0. The quantitative estimate of drug-likeness (QED) is 0.464. The van der Waals surface area contributed by atoms with E-state index in [0.717, 1.165) is 12.1 Å². The van der Waals surface area contributed by atoms with Crippen LogP contribution < -0.4 is 21.7 Å². The second-order valence-corrected chi connectivity index (χ2v) is 2.24. The van der Waals surface area contributed by atoms with Crippen molar-refractivity contribution in [3.05, 3.63) is 24.0 Å². The Balaban J connectivity index is 2.94. The molecule has 0 heterocycles. The van der Waals surface area contributed by atoms with Crippen LogP contribution >= 0.6 is 0 Å². The zero-order chi connectivity index (χ0) is 9.84. The minimum Gasteiger partial charge on any atom is -0.410 e. The van der Waals surface area contributed by atoms with Gasteiger partial charge >= 0.3 is 6.09 Å². The highest BCUT2D eigenvalue weighted by Gasteiger charge is 2.03. The molecule has 0 aliphatic rings. The van der Waals surface area contributed by atoms with Gasteiger partial charge in [0.25, 0.3) is 0 Å². The summed E-state index contributed by atoms with van der Waals surface area (Å²) < 4.78 is 17.2. The van der Waals surface area contributed by atoms with E-state index in [0.29, 0.717) is 0 Å². The number of anilines is 1. The Hall–Kier alpha value is -1.82. The highest BCUT2D eigenvalue weighted by Crippen LogP contribution is 2.19. The Morgan fingerprint density at radius 3 is 2.69 bits per heavy atom. The SMILES string of the molecule is NNc1cc(F)cc(OC(N)=O)c1. The third kappa shape index (κ3) is 2.60. The fourth-order valence-corrected chi connectivity index (χ4v) is 0.821. The molecule has 0 aromatic heterocycles. The van der Waals surface area contributed by atoms with E-state index in [9.17, 15) is 9.18 Å². The smallest absolute Gasteiger partial charge is 0.409 e. The van der Waals surface area contributed by atoms with E-state index in [1.54, 1.807) is 0 Å². The first-order valence-corrected chi connectivity index (χ1v) is 3.36. The number of primary amides is 1. The molecule has 5 nitrogen and oxygen atoms in total. The number of nitrogens with two attached hydrogens (primary N) is 2. The highest BCUT2D eigenvalue weighted by atomic mass is 19.1. The van der Waals surface area contributed by atoms with Crippen LogP contribution in [-0.2, 0) is 0 Å². The van der Waals surface area contributed by atoms with Crippen molar-refractivity contribution >= 4 is 11.8 Å². The Bertz CT molecular complexity index is 330. The lowest BCUT2D eigenvalue weighted by Gasteiger charge is -2.04. The van der Waals surface area contributed by atoms with Gasteiger partial charge in [-0.1, -0.05) is 0 Å². The van der Waals surface area contributed by atoms with Crippen LogP contribution in [0.3, 0.4) is 0 Å². The standard InChI is InChI=1S/C7H8FN3O2/c8-4-1-5(11-10)3-6(2-4)13-7(9)12/h1-3,11H,10H2,(H2,9,12). The molecule has 0 aliphatic heterocycles. The maximum atomic E-state index is 12.7. The Morgan fingerprint density at radius 1 is 1.46 bits per heavy atom. The number of rotatable bonds is 2. The summed E-state index contributed by atoms with van der Waals surface area (Å²) in [6, 6.07) is 3.51. The summed E-state index contributed by atoms with van der Waals surface area (Å²) in [6.07, 6.45) is -1.01. The number of hydrogen-bond donors (Lipinski definition) is 3. The average Bonchev–Trinajstić information content (AvgIpc) is 2.01.